The molecule has 152 valence electrons. The van der Waals surface area contributed by atoms with Gasteiger partial charge in [-0.25, -0.2) is 4.79 Å². The van der Waals surface area contributed by atoms with Crippen molar-refractivity contribution in [2.24, 2.45) is 0 Å². The lowest BCUT2D eigenvalue weighted by Crippen LogP contribution is -2.39. The molecule has 5 heteroatoms. The zero-order valence-electron chi connectivity index (χ0n) is 17.2. The van der Waals surface area contributed by atoms with Crippen molar-refractivity contribution >= 4 is 16.9 Å². The van der Waals surface area contributed by atoms with Crippen molar-refractivity contribution in [3.05, 3.63) is 70.4 Å². The van der Waals surface area contributed by atoms with E-state index in [-0.39, 0.29) is 12.1 Å². The number of carbonyl (C=O) groups is 1. The van der Waals surface area contributed by atoms with Crippen LogP contribution in [-0.4, -0.2) is 40.7 Å². The van der Waals surface area contributed by atoms with Gasteiger partial charge in [0.05, 0.1) is 11.7 Å². The van der Waals surface area contributed by atoms with Crippen molar-refractivity contribution in [3.8, 4) is 0 Å². The zero-order chi connectivity index (χ0) is 20.5. The van der Waals surface area contributed by atoms with Gasteiger partial charge in [-0.1, -0.05) is 18.2 Å². The predicted octanol–water partition coefficient (Wildman–Crippen LogP) is 4.84. The van der Waals surface area contributed by atoms with Crippen molar-refractivity contribution in [2.45, 2.75) is 45.4 Å². The summed E-state index contributed by atoms with van der Waals surface area (Å²) in [6.45, 7) is 6.14. The number of piperidine rings is 1. The van der Waals surface area contributed by atoms with E-state index in [1.54, 1.807) is 19.2 Å². The van der Waals surface area contributed by atoms with Crippen LogP contribution in [0.25, 0.3) is 10.9 Å². The molecular weight excluding hydrogens is 364 g/mol. The number of methoxy groups -OCH3 is 1. The van der Waals surface area contributed by atoms with Gasteiger partial charge in [-0.2, -0.15) is 0 Å². The summed E-state index contributed by atoms with van der Waals surface area (Å²) < 4.78 is 5.67. The zero-order valence-corrected chi connectivity index (χ0v) is 17.2. The fourth-order valence-electron chi connectivity index (χ4n) is 4.64. The van der Waals surface area contributed by atoms with Gasteiger partial charge in [-0.3, -0.25) is 4.90 Å². The van der Waals surface area contributed by atoms with Crippen molar-refractivity contribution < 1.29 is 14.6 Å². The van der Waals surface area contributed by atoms with Crippen LogP contribution >= 0.6 is 0 Å². The molecule has 0 spiro atoms. The predicted molar refractivity (Wildman–Crippen MR) is 114 cm³/mol. The number of nitrogens with one attached hydrogen (secondary N) is 1. The van der Waals surface area contributed by atoms with E-state index < -0.39 is 5.97 Å². The lowest BCUT2D eigenvalue weighted by atomic mass is 9.91. The number of aryl methyl sites for hydroxylation is 2. The molecule has 1 aliphatic heterocycles. The minimum atomic E-state index is -0.892. The number of aromatic carboxylic acids is 1. The average Bonchev–Trinajstić information content (AvgIpc) is 3.21. The SMILES string of the molecule is COC1CCN(Cc2c(C)cc(C)c3[nH]ccc23)[C@@H](c2ccc(C(=O)O)cc2)C1. The average molecular weight is 392 g/mol. The molecule has 2 atom stereocenters. The van der Waals surface area contributed by atoms with E-state index in [1.807, 2.05) is 18.3 Å². The lowest BCUT2D eigenvalue weighted by Gasteiger charge is -2.39. The highest BCUT2D eigenvalue weighted by molar-refractivity contribution is 5.88. The maximum Gasteiger partial charge on any atom is 0.335 e. The largest absolute Gasteiger partial charge is 0.478 e. The maximum atomic E-state index is 11.2. The third-order valence-electron chi connectivity index (χ3n) is 6.28. The summed E-state index contributed by atoms with van der Waals surface area (Å²) in [5.41, 5.74) is 6.61. The Bertz CT molecular complexity index is 1020. The van der Waals surface area contributed by atoms with Crippen LogP contribution in [0, 0.1) is 13.8 Å². The summed E-state index contributed by atoms with van der Waals surface area (Å²) in [4.78, 5) is 17.1. The Labute approximate surface area is 171 Å². The molecule has 1 aliphatic rings. The Kier molecular flexibility index (Phi) is 5.43. The van der Waals surface area contributed by atoms with Gasteiger partial charge in [-0.15, -0.1) is 0 Å². The van der Waals surface area contributed by atoms with E-state index in [9.17, 15) is 9.90 Å². The first-order valence-corrected chi connectivity index (χ1v) is 10.1. The molecule has 2 aromatic carbocycles. The fraction of sp³-hybridized carbons (Fsp3) is 0.375. The number of aromatic amines is 1. The van der Waals surface area contributed by atoms with Crippen molar-refractivity contribution in [1.82, 2.24) is 9.88 Å². The Balaban J connectivity index is 1.68. The number of benzene rings is 2. The Morgan fingerprint density at radius 2 is 1.97 bits per heavy atom. The van der Waals surface area contributed by atoms with E-state index in [4.69, 9.17) is 4.74 Å². The molecule has 2 N–H and O–H groups in total. The third-order valence-corrected chi connectivity index (χ3v) is 6.28. The highest BCUT2D eigenvalue weighted by Crippen LogP contribution is 2.35. The van der Waals surface area contributed by atoms with Gasteiger partial charge in [-0.05, 0) is 67.1 Å². The molecule has 1 unspecified atom stereocenters. The Morgan fingerprint density at radius 1 is 1.21 bits per heavy atom. The molecule has 3 aromatic rings. The fourth-order valence-corrected chi connectivity index (χ4v) is 4.64. The maximum absolute atomic E-state index is 11.2. The molecule has 2 heterocycles. The number of carboxylic acids is 1. The topological polar surface area (TPSA) is 65.6 Å². The van der Waals surface area contributed by atoms with Crippen LogP contribution in [0.5, 0.6) is 0 Å². The van der Waals surface area contributed by atoms with Gasteiger partial charge in [0, 0.05) is 43.3 Å². The van der Waals surface area contributed by atoms with Crippen LogP contribution in [0.3, 0.4) is 0 Å². The number of aromatic nitrogens is 1. The summed E-state index contributed by atoms with van der Waals surface area (Å²) in [6.07, 6.45) is 4.15. The van der Waals surface area contributed by atoms with Crippen molar-refractivity contribution in [1.29, 1.82) is 0 Å². The Morgan fingerprint density at radius 3 is 2.66 bits per heavy atom. The van der Waals surface area contributed by atoms with Crippen molar-refractivity contribution in [3.63, 3.8) is 0 Å². The monoisotopic (exact) mass is 392 g/mol. The number of rotatable bonds is 5. The summed E-state index contributed by atoms with van der Waals surface area (Å²) in [6, 6.07) is 11.9. The minimum Gasteiger partial charge on any atom is -0.478 e. The molecule has 1 fully saturated rings. The number of carboxylic acid groups (broad SMARTS) is 1. The van der Waals surface area contributed by atoms with E-state index >= 15 is 0 Å². The second kappa shape index (κ2) is 8.01. The number of ether oxygens (including phenoxy) is 1. The smallest absolute Gasteiger partial charge is 0.335 e. The number of H-pyrrole nitrogens is 1. The summed E-state index contributed by atoms with van der Waals surface area (Å²) in [5, 5.41) is 10.5. The first-order valence-electron chi connectivity index (χ1n) is 10.1. The second-order valence-corrected chi connectivity index (χ2v) is 8.05. The number of hydrogen-bond donors (Lipinski definition) is 2. The molecule has 0 aliphatic carbocycles. The summed E-state index contributed by atoms with van der Waals surface area (Å²) >= 11 is 0. The summed E-state index contributed by atoms with van der Waals surface area (Å²) in [7, 11) is 1.78. The van der Waals surface area contributed by atoms with Gasteiger partial charge < -0.3 is 14.8 Å². The molecule has 1 saturated heterocycles. The van der Waals surface area contributed by atoms with E-state index in [0.717, 1.165) is 31.5 Å². The minimum absolute atomic E-state index is 0.200. The van der Waals surface area contributed by atoms with Gasteiger partial charge in [0.2, 0.25) is 0 Å². The molecule has 0 bridgehead atoms. The van der Waals surface area contributed by atoms with Crippen molar-refractivity contribution in [2.75, 3.05) is 13.7 Å². The molecule has 4 rings (SSSR count). The number of nitrogens with zero attached hydrogens (tertiary/aromatic N) is 1. The molecule has 0 radical (unpaired) electrons. The van der Waals surface area contributed by atoms with Crippen LogP contribution in [0.4, 0.5) is 0 Å². The van der Waals surface area contributed by atoms with Gasteiger partial charge >= 0.3 is 5.97 Å². The second-order valence-electron chi connectivity index (χ2n) is 8.05. The summed E-state index contributed by atoms with van der Waals surface area (Å²) in [5.74, 6) is -0.892. The first-order chi connectivity index (χ1) is 14.0. The first kappa shape index (κ1) is 19.7. The van der Waals surface area contributed by atoms with Gasteiger partial charge in [0.25, 0.3) is 0 Å². The van der Waals surface area contributed by atoms with Gasteiger partial charge in [0.15, 0.2) is 0 Å². The molecule has 5 nitrogen and oxygen atoms in total. The van der Waals surface area contributed by atoms with E-state index in [0.29, 0.717) is 5.56 Å². The molecular formula is C24H28N2O3. The van der Waals surface area contributed by atoms with Crippen LogP contribution < -0.4 is 0 Å². The molecule has 0 saturated carbocycles. The van der Waals surface area contributed by atoms with Crippen LogP contribution in [0.2, 0.25) is 0 Å². The van der Waals surface area contributed by atoms with E-state index in [1.165, 1.54) is 27.6 Å². The standard InChI is InChI=1S/C24H28N2O3/c1-15-12-16(2)23-20(8-10-25-23)21(15)14-26-11-9-19(29-3)13-22(26)17-4-6-18(7-5-17)24(27)28/h4-8,10,12,19,22,25H,9,11,13-14H2,1-3H3,(H,27,28)/t19?,22-/m1/s1. The number of hydrogen-bond acceptors (Lipinski definition) is 3. The highest BCUT2D eigenvalue weighted by Gasteiger charge is 2.30. The van der Waals surface area contributed by atoms with Crippen LogP contribution in [0.1, 0.15) is 51.5 Å². The van der Waals surface area contributed by atoms with Crippen LogP contribution in [0.15, 0.2) is 42.6 Å². The molecule has 0 amide bonds. The lowest BCUT2D eigenvalue weighted by molar-refractivity contribution is 0.00690. The third kappa shape index (κ3) is 3.80. The molecule has 1 aromatic heterocycles. The van der Waals surface area contributed by atoms with E-state index in [2.05, 4.69) is 35.9 Å². The normalized spacial score (nSPS) is 20.2. The quantitative estimate of drug-likeness (QED) is 0.652. The molecule has 29 heavy (non-hydrogen) atoms. The number of fused-ring (bicyclic) bond motifs is 1. The van der Waals surface area contributed by atoms with Gasteiger partial charge in [0.1, 0.15) is 0 Å². The Hall–Kier alpha value is -2.63. The number of likely N-dealkylation sites (tertiary alicyclic amines) is 1. The highest BCUT2D eigenvalue weighted by atomic mass is 16.5. The van der Waals surface area contributed by atoms with Crippen LogP contribution in [-0.2, 0) is 11.3 Å².